The van der Waals surface area contributed by atoms with Crippen LogP contribution in [0.2, 0.25) is 10.2 Å². The first-order chi connectivity index (χ1) is 18.2. The number of hydrogen-bond acceptors (Lipinski definition) is 6. The number of ether oxygens (including phenoxy) is 1. The normalized spacial score (nSPS) is 11.4. The number of halogens is 3. The molecule has 3 heterocycles. The SMILES string of the molecule is Cc1cc(-c2cc(F)c3nc(C)n(C(C)C)c3c2)nc(Nc2ccc(OCc3cccc(Cl)n3)c(Cl)c2)n1. The summed E-state index contributed by atoms with van der Waals surface area (Å²) < 4.78 is 22.9. The molecule has 0 saturated carbocycles. The Morgan fingerprint density at radius 3 is 2.53 bits per heavy atom. The van der Waals surface area contributed by atoms with Crippen molar-refractivity contribution in [2.24, 2.45) is 0 Å². The van der Waals surface area contributed by atoms with Gasteiger partial charge in [-0.3, -0.25) is 0 Å². The first-order valence-electron chi connectivity index (χ1n) is 12.0. The quantitative estimate of drug-likeness (QED) is 0.208. The summed E-state index contributed by atoms with van der Waals surface area (Å²) in [4.78, 5) is 17.8. The molecule has 5 rings (SSSR count). The number of nitrogens with zero attached hydrogens (tertiary/aromatic N) is 5. The Morgan fingerprint density at radius 1 is 0.974 bits per heavy atom. The lowest BCUT2D eigenvalue weighted by atomic mass is 10.1. The summed E-state index contributed by atoms with van der Waals surface area (Å²) in [5.41, 5.74) is 4.41. The van der Waals surface area contributed by atoms with E-state index in [1.54, 1.807) is 18.2 Å². The molecule has 0 amide bonds. The standard InChI is InChI=1S/C28H25Cl2FN6O/c1-15(2)37-17(4)33-27-22(31)11-18(12-24(27)37)23-10-16(3)32-28(36-23)35-19-8-9-25(21(29)13-19)38-14-20-6-5-7-26(30)34-20/h5-13,15H,14H2,1-4H3,(H,32,35,36). The Bertz CT molecular complexity index is 1650. The van der Waals surface area contributed by atoms with Gasteiger partial charge >= 0.3 is 0 Å². The molecule has 10 heteroatoms. The monoisotopic (exact) mass is 550 g/mol. The summed E-state index contributed by atoms with van der Waals surface area (Å²) in [7, 11) is 0. The molecule has 0 aliphatic rings. The highest BCUT2D eigenvalue weighted by atomic mass is 35.5. The average molecular weight is 551 g/mol. The molecule has 0 radical (unpaired) electrons. The van der Waals surface area contributed by atoms with Gasteiger partial charge in [0.05, 0.1) is 21.9 Å². The number of aryl methyl sites for hydroxylation is 2. The molecular formula is C28H25Cl2FN6O. The van der Waals surface area contributed by atoms with Crippen LogP contribution in [0.5, 0.6) is 5.75 Å². The van der Waals surface area contributed by atoms with Gasteiger partial charge in [0.1, 0.15) is 28.9 Å². The lowest BCUT2D eigenvalue weighted by molar-refractivity contribution is 0.301. The van der Waals surface area contributed by atoms with Crippen LogP contribution in [-0.4, -0.2) is 24.5 Å². The van der Waals surface area contributed by atoms with Gasteiger partial charge in [-0.1, -0.05) is 29.3 Å². The highest BCUT2D eigenvalue weighted by Crippen LogP contribution is 2.32. The Kier molecular flexibility index (Phi) is 7.19. The minimum Gasteiger partial charge on any atom is -0.486 e. The molecule has 0 bridgehead atoms. The zero-order chi connectivity index (χ0) is 27.0. The Morgan fingerprint density at radius 2 is 1.79 bits per heavy atom. The molecule has 0 saturated heterocycles. The summed E-state index contributed by atoms with van der Waals surface area (Å²) in [6.45, 7) is 8.07. The topological polar surface area (TPSA) is 77.8 Å². The molecule has 0 atom stereocenters. The fourth-order valence-electron chi connectivity index (χ4n) is 4.35. The van der Waals surface area contributed by atoms with E-state index in [2.05, 4.69) is 25.3 Å². The van der Waals surface area contributed by atoms with Crippen molar-refractivity contribution in [3.05, 3.63) is 87.8 Å². The second kappa shape index (κ2) is 10.6. The van der Waals surface area contributed by atoms with Crippen LogP contribution < -0.4 is 10.1 Å². The third-order valence-corrected chi connectivity index (χ3v) is 6.43. The Labute approximate surface area is 229 Å². The maximum atomic E-state index is 15.0. The number of rotatable bonds is 7. The number of imidazole rings is 1. The van der Waals surface area contributed by atoms with Gasteiger partial charge in [-0.15, -0.1) is 0 Å². The van der Waals surface area contributed by atoms with Crippen molar-refractivity contribution in [1.82, 2.24) is 24.5 Å². The van der Waals surface area contributed by atoms with Crippen LogP contribution in [-0.2, 0) is 6.61 Å². The predicted octanol–water partition coefficient (Wildman–Crippen LogP) is 7.85. The van der Waals surface area contributed by atoms with Gasteiger partial charge < -0.3 is 14.6 Å². The molecule has 3 aromatic heterocycles. The van der Waals surface area contributed by atoms with Crippen LogP contribution in [0.3, 0.4) is 0 Å². The van der Waals surface area contributed by atoms with Gasteiger partial charge in [0.15, 0.2) is 5.82 Å². The van der Waals surface area contributed by atoms with Gasteiger partial charge in [-0.2, -0.15) is 0 Å². The van der Waals surface area contributed by atoms with Gasteiger partial charge in [0.25, 0.3) is 0 Å². The van der Waals surface area contributed by atoms with E-state index >= 15 is 4.39 Å². The number of pyridine rings is 1. The van der Waals surface area contributed by atoms with E-state index in [-0.39, 0.29) is 18.5 Å². The van der Waals surface area contributed by atoms with Crippen LogP contribution >= 0.6 is 23.2 Å². The number of aromatic nitrogens is 5. The minimum atomic E-state index is -0.388. The summed E-state index contributed by atoms with van der Waals surface area (Å²) in [5, 5.41) is 4.00. The average Bonchev–Trinajstić information content (AvgIpc) is 3.20. The van der Waals surface area contributed by atoms with Crippen molar-refractivity contribution in [3.8, 4) is 17.0 Å². The molecule has 194 valence electrons. The van der Waals surface area contributed by atoms with Gasteiger partial charge in [-0.05, 0) is 76.2 Å². The second-order valence-corrected chi connectivity index (χ2v) is 9.97. The van der Waals surface area contributed by atoms with Gasteiger partial charge in [-0.25, -0.2) is 24.3 Å². The van der Waals surface area contributed by atoms with Crippen molar-refractivity contribution < 1.29 is 9.13 Å². The number of benzene rings is 2. The molecule has 1 N–H and O–H groups in total. The fraction of sp³-hybridized carbons (Fsp3) is 0.214. The highest BCUT2D eigenvalue weighted by molar-refractivity contribution is 6.32. The van der Waals surface area contributed by atoms with E-state index in [1.807, 2.05) is 62.6 Å². The lowest BCUT2D eigenvalue weighted by Gasteiger charge is -2.13. The van der Waals surface area contributed by atoms with Crippen LogP contribution in [0.4, 0.5) is 16.0 Å². The van der Waals surface area contributed by atoms with E-state index in [1.165, 1.54) is 6.07 Å². The third kappa shape index (κ3) is 5.42. The molecule has 2 aromatic carbocycles. The Balaban J connectivity index is 1.40. The van der Waals surface area contributed by atoms with Crippen LogP contribution in [0.1, 0.15) is 37.1 Å². The molecule has 0 unspecified atom stereocenters. The smallest absolute Gasteiger partial charge is 0.227 e. The molecule has 38 heavy (non-hydrogen) atoms. The van der Waals surface area contributed by atoms with Gasteiger partial charge in [0.2, 0.25) is 5.95 Å². The van der Waals surface area contributed by atoms with Crippen molar-refractivity contribution in [1.29, 1.82) is 0 Å². The first-order valence-corrected chi connectivity index (χ1v) is 12.8. The molecule has 7 nitrogen and oxygen atoms in total. The second-order valence-electron chi connectivity index (χ2n) is 9.18. The van der Waals surface area contributed by atoms with Gasteiger partial charge in [0, 0.05) is 23.0 Å². The molecule has 0 aliphatic heterocycles. The highest BCUT2D eigenvalue weighted by Gasteiger charge is 2.17. The lowest BCUT2D eigenvalue weighted by Crippen LogP contribution is -2.03. The van der Waals surface area contributed by atoms with E-state index < -0.39 is 0 Å². The third-order valence-electron chi connectivity index (χ3n) is 5.93. The number of nitrogens with one attached hydrogen (secondary N) is 1. The molecule has 0 fully saturated rings. The van der Waals surface area contributed by atoms with Crippen molar-refractivity contribution >= 4 is 45.9 Å². The van der Waals surface area contributed by atoms with E-state index in [4.69, 9.17) is 27.9 Å². The van der Waals surface area contributed by atoms with Crippen molar-refractivity contribution in [2.45, 2.75) is 40.3 Å². The number of hydrogen-bond donors (Lipinski definition) is 1. The summed E-state index contributed by atoms with van der Waals surface area (Å²) in [6.07, 6.45) is 0. The van der Waals surface area contributed by atoms with Crippen LogP contribution in [0.25, 0.3) is 22.3 Å². The van der Waals surface area contributed by atoms with Crippen LogP contribution in [0, 0.1) is 19.7 Å². The van der Waals surface area contributed by atoms with E-state index in [0.29, 0.717) is 50.0 Å². The largest absolute Gasteiger partial charge is 0.486 e. The van der Waals surface area contributed by atoms with Crippen molar-refractivity contribution in [2.75, 3.05) is 5.32 Å². The number of anilines is 2. The zero-order valence-electron chi connectivity index (χ0n) is 21.3. The molecule has 5 aromatic rings. The number of fused-ring (bicyclic) bond motifs is 1. The molecule has 0 aliphatic carbocycles. The minimum absolute atomic E-state index is 0.137. The summed E-state index contributed by atoms with van der Waals surface area (Å²) in [5.74, 6) is 1.24. The summed E-state index contributed by atoms with van der Waals surface area (Å²) in [6, 6.07) is 16.0. The van der Waals surface area contributed by atoms with Crippen LogP contribution in [0.15, 0.2) is 54.6 Å². The predicted molar refractivity (Wildman–Crippen MR) is 149 cm³/mol. The van der Waals surface area contributed by atoms with Crippen molar-refractivity contribution in [3.63, 3.8) is 0 Å². The zero-order valence-corrected chi connectivity index (χ0v) is 22.8. The maximum absolute atomic E-state index is 15.0. The van der Waals surface area contributed by atoms with E-state index in [9.17, 15) is 0 Å². The molecular weight excluding hydrogens is 526 g/mol. The van der Waals surface area contributed by atoms with E-state index in [0.717, 1.165) is 17.0 Å². The summed E-state index contributed by atoms with van der Waals surface area (Å²) >= 11 is 12.4. The Hall–Kier alpha value is -3.75. The first kappa shape index (κ1) is 25.9. The fourth-order valence-corrected chi connectivity index (χ4v) is 4.76. The molecule has 0 spiro atoms. The maximum Gasteiger partial charge on any atom is 0.227 e.